The lowest BCUT2D eigenvalue weighted by molar-refractivity contribution is -0.169. The van der Waals surface area contributed by atoms with Crippen LogP contribution in [-0.4, -0.2) is 55.9 Å². The fraction of sp³-hybridized carbons (Fsp3) is 0.556. The van der Waals surface area contributed by atoms with Gasteiger partial charge in [0.1, 0.15) is 11.4 Å². The molecule has 10 heteroatoms. The van der Waals surface area contributed by atoms with E-state index in [0.29, 0.717) is 42.0 Å². The van der Waals surface area contributed by atoms with Crippen molar-refractivity contribution >= 4 is 34.9 Å². The predicted molar refractivity (Wildman–Crippen MR) is 144 cm³/mol. The normalized spacial score (nSPS) is 18.5. The highest BCUT2D eigenvalue weighted by molar-refractivity contribution is 6.33. The van der Waals surface area contributed by atoms with Crippen LogP contribution in [0.25, 0.3) is 0 Å². The molecule has 2 fully saturated rings. The number of halogens is 1. The van der Waals surface area contributed by atoms with E-state index in [1.807, 2.05) is 39.0 Å². The van der Waals surface area contributed by atoms with Gasteiger partial charge in [-0.05, 0) is 63.8 Å². The Balaban J connectivity index is 1.67. The zero-order chi connectivity index (χ0) is 26.4. The molecule has 0 aliphatic carbocycles. The van der Waals surface area contributed by atoms with E-state index in [1.54, 1.807) is 12.1 Å². The van der Waals surface area contributed by atoms with E-state index >= 15 is 0 Å². The van der Waals surface area contributed by atoms with Crippen LogP contribution in [0.3, 0.4) is 0 Å². The first-order chi connectivity index (χ1) is 17.7. The Labute approximate surface area is 223 Å². The van der Waals surface area contributed by atoms with Gasteiger partial charge in [0.05, 0.1) is 42.8 Å². The summed E-state index contributed by atoms with van der Waals surface area (Å²) < 4.78 is 23.1. The number of carbonyl (C=O) groups excluding carboxylic acids is 1. The average Bonchev–Trinajstić information content (AvgIpc) is 2.88. The van der Waals surface area contributed by atoms with Crippen LogP contribution in [0.4, 0.5) is 22.0 Å². The van der Waals surface area contributed by atoms with Gasteiger partial charge in [-0.1, -0.05) is 17.7 Å². The standard InChI is InChI=1S/C27H37ClN4O5/c1-27(2,3)37-26(33)32(17-19-7-8-22(28)23(29)14-19)24-16-21(31-9-12-34-13-10-31)15-20(30-24)18-36-25-6-4-5-11-35-25/h7-8,14-16,25H,4-6,9-13,17-18,29H2,1-3H3. The Bertz CT molecular complexity index is 1070. The summed E-state index contributed by atoms with van der Waals surface area (Å²) in [5.41, 5.74) is 8.26. The van der Waals surface area contributed by atoms with E-state index in [4.69, 9.17) is 41.3 Å². The van der Waals surface area contributed by atoms with Gasteiger partial charge in [0.15, 0.2) is 6.29 Å². The van der Waals surface area contributed by atoms with Crippen molar-refractivity contribution < 1.29 is 23.7 Å². The van der Waals surface area contributed by atoms with E-state index in [2.05, 4.69) is 4.90 Å². The molecule has 4 rings (SSSR count). The second-order valence-electron chi connectivity index (χ2n) is 10.3. The lowest BCUT2D eigenvalue weighted by Crippen LogP contribution is -2.38. The molecule has 1 aromatic heterocycles. The highest BCUT2D eigenvalue weighted by Gasteiger charge is 2.27. The number of hydrogen-bond donors (Lipinski definition) is 1. The molecule has 9 nitrogen and oxygen atoms in total. The molecule has 37 heavy (non-hydrogen) atoms. The fourth-order valence-corrected chi connectivity index (χ4v) is 4.34. The summed E-state index contributed by atoms with van der Waals surface area (Å²) in [6.45, 7) is 9.46. The number of nitrogen functional groups attached to an aromatic ring is 1. The topological polar surface area (TPSA) is 99.4 Å². The van der Waals surface area contributed by atoms with E-state index in [9.17, 15) is 4.79 Å². The SMILES string of the molecule is CC(C)(C)OC(=O)N(Cc1ccc(Cl)c(N)c1)c1cc(N2CCOCC2)cc(COC2CCCCO2)n1. The number of amides is 1. The van der Waals surface area contributed by atoms with Crippen molar-refractivity contribution in [3.8, 4) is 0 Å². The number of nitrogens with zero attached hydrogens (tertiary/aromatic N) is 3. The minimum Gasteiger partial charge on any atom is -0.443 e. The lowest BCUT2D eigenvalue weighted by atomic mass is 10.1. The van der Waals surface area contributed by atoms with Crippen molar-refractivity contribution in [2.45, 2.75) is 65.1 Å². The van der Waals surface area contributed by atoms with Crippen LogP contribution in [-0.2, 0) is 32.1 Å². The molecule has 2 aliphatic rings. The van der Waals surface area contributed by atoms with E-state index in [1.165, 1.54) is 4.90 Å². The van der Waals surface area contributed by atoms with Crippen LogP contribution < -0.4 is 15.5 Å². The Morgan fingerprint density at radius 3 is 2.65 bits per heavy atom. The third-order valence-corrected chi connectivity index (χ3v) is 6.42. The van der Waals surface area contributed by atoms with Gasteiger partial charge in [0, 0.05) is 31.5 Å². The maximum Gasteiger partial charge on any atom is 0.416 e. The van der Waals surface area contributed by atoms with Crippen LogP contribution in [0.1, 0.15) is 51.3 Å². The maximum atomic E-state index is 13.4. The van der Waals surface area contributed by atoms with Crippen molar-refractivity contribution in [1.82, 2.24) is 4.98 Å². The highest BCUT2D eigenvalue weighted by atomic mass is 35.5. The molecule has 2 saturated heterocycles. The Kier molecular flexibility index (Phi) is 9.13. The Morgan fingerprint density at radius 1 is 1.19 bits per heavy atom. The minimum atomic E-state index is -0.680. The number of aromatic nitrogens is 1. The van der Waals surface area contributed by atoms with Gasteiger partial charge in [-0.2, -0.15) is 0 Å². The third kappa shape index (κ3) is 7.95. The minimum absolute atomic E-state index is 0.210. The molecule has 0 radical (unpaired) electrons. The van der Waals surface area contributed by atoms with Gasteiger partial charge >= 0.3 is 6.09 Å². The van der Waals surface area contributed by atoms with Crippen LogP contribution in [0, 0.1) is 0 Å². The van der Waals surface area contributed by atoms with Gasteiger partial charge < -0.3 is 29.6 Å². The van der Waals surface area contributed by atoms with Crippen molar-refractivity contribution in [3.63, 3.8) is 0 Å². The number of ether oxygens (including phenoxy) is 4. The molecular formula is C27H37ClN4O5. The first kappa shape index (κ1) is 27.4. The van der Waals surface area contributed by atoms with Crippen molar-refractivity contribution in [3.05, 3.63) is 46.6 Å². The molecule has 1 amide bonds. The average molecular weight is 533 g/mol. The molecule has 0 bridgehead atoms. The lowest BCUT2D eigenvalue weighted by Gasteiger charge is -2.31. The third-order valence-electron chi connectivity index (χ3n) is 6.07. The first-order valence-corrected chi connectivity index (χ1v) is 13.2. The molecular weight excluding hydrogens is 496 g/mol. The van der Waals surface area contributed by atoms with Gasteiger partial charge in [-0.25, -0.2) is 9.78 Å². The summed E-state index contributed by atoms with van der Waals surface area (Å²) in [5.74, 6) is 0.468. The Hall–Kier alpha value is -2.59. The number of morpholine rings is 1. The number of carbonyl (C=O) groups is 1. The number of rotatable bonds is 7. The first-order valence-electron chi connectivity index (χ1n) is 12.8. The predicted octanol–water partition coefficient (Wildman–Crippen LogP) is 5.14. The van der Waals surface area contributed by atoms with Gasteiger partial charge in [0.2, 0.25) is 0 Å². The molecule has 2 aliphatic heterocycles. The summed E-state index contributed by atoms with van der Waals surface area (Å²) in [6, 6.07) is 9.24. The number of benzene rings is 1. The molecule has 2 N–H and O–H groups in total. The second-order valence-corrected chi connectivity index (χ2v) is 10.7. The summed E-state index contributed by atoms with van der Waals surface area (Å²) in [5, 5.41) is 0.462. The molecule has 0 saturated carbocycles. The van der Waals surface area contributed by atoms with Gasteiger partial charge in [0.25, 0.3) is 0 Å². The largest absolute Gasteiger partial charge is 0.443 e. The molecule has 202 valence electrons. The smallest absolute Gasteiger partial charge is 0.416 e. The van der Waals surface area contributed by atoms with Crippen molar-refractivity contribution in [2.75, 3.05) is 48.4 Å². The van der Waals surface area contributed by atoms with Gasteiger partial charge in [-0.3, -0.25) is 4.90 Å². The van der Waals surface area contributed by atoms with Crippen LogP contribution in [0.2, 0.25) is 5.02 Å². The molecule has 3 heterocycles. The summed E-state index contributed by atoms with van der Waals surface area (Å²) in [6.07, 6.45) is 2.24. The van der Waals surface area contributed by atoms with E-state index in [-0.39, 0.29) is 19.4 Å². The zero-order valence-corrected chi connectivity index (χ0v) is 22.6. The fourth-order valence-electron chi connectivity index (χ4n) is 4.22. The van der Waals surface area contributed by atoms with E-state index < -0.39 is 11.7 Å². The van der Waals surface area contributed by atoms with Gasteiger partial charge in [-0.15, -0.1) is 0 Å². The molecule has 2 aromatic rings. The summed E-state index contributed by atoms with van der Waals surface area (Å²) in [7, 11) is 0. The Morgan fingerprint density at radius 2 is 1.97 bits per heavy atom. The number of pyridine rings is 1. The second kappa shape index (κ2) is 12.3. The maximum absolute atomic E-state index is 13.4. The van der Waals surface area contributed by atoms with Crippen molar-refractivity contribution in [2.24, 2.45) is 0 Å². The van der Waals surface area contributed by atoms with Crippen LogP contribution in [0.5, 0.6) is 0 Å². The number of nitrogens with two attached hydrogens (primary N) is 1. The van der Waals surface area contributed by atoms with E-state index in [0.717, 1.165) is 43.6 Å². The monoisotopic (exact) mass is 532 g/mol. The summed E-state index contributed by atoms with van der Waals surface area (Å²) >= 11 is 6.13. The molecule has 1 unspecified atom stereocenters. The highest BCUT2D eigenvalue weighted by Crippen LogP contribution is 2.28. The zero-order valence-electron chi connectivity index (χ0n) is 21.9. The molecule has 0 spiro atoms. The summed E-state index contributed by atoms with van der Waals surface area (Å²) in [4.78, 5) is 22.0. The molecule has 1 atom stereocenters. The number of anilines is 3. The van der Waals surface area contributed by atoms with Crippen LogP contribution >= 0.6 is 11.6 Å². The van der Waals surface area contributed by atoms with Crippen molar-refractivity contribution in [1.29, 1.82) is 0 Å². The molecule has 1 aromatic carbocycles. The quantitative estimate of drug-likeness (QED) is 0.489. The van der Waals surface area contributed by atoms with Crippen LogP contribution in [0.15, 0.2) is 30.3 Å². The number of hydrogen-bond acceptors (Lipinski definition) is 8.